The first kappa shape index (κ1) is 11.9. The fraction of sp³-hybridized carbons (Fsp3) is 0.500. The van der Waals surface area contributed by atoms with Gasteiger partial charge in [0.05, 0.1) is 5.69 Å². The van der Waals surface area contributed by atoms with Crippen LogP contribution in [0, 0.1) is 6.92 Å². The van der Waals surface area contributed by atoms with Crippen LogP contribution in [0.3, 0.4) is 0 Å². The minimum Gasteiger partial charge on any atom is -0.313 e. The smallest absolute Gasteiger partial charge is 0.125 e. The third kappa shape index (κ3) is 4.70. The average molecular weight is 205 g/mol. The summed E-state index contributed by atoms with van der Waals surface area (Å²) in [6.45, 7) is 8.17. The van der Waals surface area contributed by atoms with E-state index in [4.69, 9.17) is 0 Å². The lowest BCUT2D eigenvalue weighted by Crippen LogP contribution is -2.16. The number of hydrogen-bond donors (Lipinski definition) is 1. The summed E-state index contributed by atoms with van der Waals surface area (Å²) >= 11 is 0. The van der Waals surface area contributed by atoms with E-state index >= 15 is 0 Å². The molecule has 3 heteroatoms. The molecule has 82 valence electrons. The van der Waals surface area contributed by atoms with Crippen molar-refractivity contribution in [1.29, 1.82) is 0 Å². The van der Waals surface area contributed by atoms with Gasteiger partial charge in [-0.2, -0.15) is 0 Å². The van der Waals surface area contributed by atoms with E-state index in [0.717, 1.165) is 24.6 Å². The summed E-state index contributed by atoms with van der Waals surface area (Å²) in [6, 6.07) is 1.93. The van der Waals surface area contributed by atoms with Gasteiger partial charge in [0.15, 0.2) is 0 Å². The Morgan fingerprint density at radius 1 is 1.53 bits per heavy atom. The Bertz CT molecular complexity index is 331. The van der Waals surface area contributed by atoms with Crippen molar-refractivity contribution in [2.45, 2.75) is 27.2 Å². The van der Waals surface area contributed by atoms with Crippen molar-refractivity contribution in [3.05, 3.63) is 29.4 Å². The molecule has 0 bridgehead atoms. The van der Waals surface area contributed by atoms with Crippen molar-refractivity contribution in [2.24, 2.45) is 0 Å². The molecule has 0 aliphatic rings. The predicted octanol–water partition coefficient (Wildman–Crippen LogP) is 2.19. The van der Waals surface area contributed by atoms with Gasteiger partial charge in [-0.1, -0.05) is 12.5 Å². The normalized spacial score (nSPS) is 11.8. The van der Waals surface area contributed by atoms with Gasteiger partial charge in [0.1, 0.15) is 5.82 Å². The first-order valence-electron chi connectivity index (χ1n) is 5.40. The molecule has 1 N–H and O–H groups in total. The Morgan fingerprint density at radius 3 is 3.00 bits per heavy atom. The van der Waals surface area contributed by atoms with Crippen LogP contribution in [-0.4, -0.2) is 23.1 Å². The second kappa shape index (κ2) is 6.30. The number of aromatic nitrogens is 2. The fourth-order valence-corrected chi connectivity index (χ4v) is 1.32. The van der Waals surface area contributed by atoms with Crippen LogP contribution >= 0.6 is 0 Å². The van der Waals surface area contributed by atoms with Gasteiger partial charge in [0, 0.05) is 12.7 Å². The third-order valence-corrected chi connectivity index (χ3v) is 2.02. The number of nitrogens with one attached hydrogen (secondary N) is 1. The highest BCUT2D eigenvalue weighted by Crippen LogP contribution is 2.02. The van der Waals surface area contributed by atoms with Gasteiger partial charge in [0.2, 0.25) is 0 Å². The Hall–Kier alpha value is -1.22. The van der Waals surface area contributed by atoms with Gasteiger partial charge in [-0.25, -0.2) is 9.97 Å². The van der Waals surface area contributed by atoms with Crippen molar-refractivity contribution >= 4 is 6.08 Å². The van der Waals surface area contributed by atoms with Crippen LogP contribution < -0.4 is 5.32 Å². The molecule has 1 aromatic rings. The lowest BCUT2D eigenvalue weighted by atomic mass is 10.2. The van der Waals surface area contributed by atoms with Crippen molar-refractivity contribution in [2.75, 3.05) is 13.1 Å². The van der Waals surface area contributed by atoms with Crippen LogP contribution in [0.25, 0.3) is 6.08 Å². The third-order valence-electron chi connectivity index (χ3n) is 2.02. The molecule has 0 fully saturated rings. The van der Waals surface area contributed by atoms with Gasteiger partial charge in [-0.05, 0) is 39.0 Å². The summed E-state index contributed by atoms with van der Waals surface area (Å²) in [4.78, 5) is 8.39. The van der Waals surface area contributed by atoms with E-state index in [0.29, 0.717) is 0 Å². The monoisotopic (exact) mass is 205 g/mol. The van der Waals surface area contributed by atoms with Crippen LogP contribution in [0.2, 0.25) is 0 Å². The topological polar surface area (TPSA) is 37.8 Å². The SMILES string of the molecule is CCCNC/C(C)=C/c1ccnc(C)n1. The zero-order valence-corrected chi connectivity index (χ0v) is 9.75. The summed E-state index contributed by atoms with van der Waals surface area (Å²) in [7, 11) is 0. The minimum atomic E-state index is 0.818. The highest BCUT2D eigenvalue weighted by Gasteiger charge is 1.93. The first-order valence-corrected chi connectivity index (χ1v) is 5.40. The van der Waals surface area contributed by atoms with E-state index < -0.39 is 0 Å². The zero-order chi connectivity index (χ0) is 11.1. The largest absolute Gasteiger partial charge is 0.313 e. The number of rotatable bonds is 5. The zero-order valence-electron chi connectivity index (χ0n) is 9.75. The first-order chi connectivity index (χ1) is 7.22. The summed E-state index contributed by atoms with van der Waals surface area (Å²) in [5.41, 5.74) is 2.28. The van der Waals surface area contributed by atoms with Crippen LogP contribution in [0.5, 0.6) is 0 Å². The van der Waals surface area contributed by atoms with E-state index in [1.54, 1.807) is 6.20 Å². The fourth-order valence-electron chi connectivity index (χ4n) is 1.32. The molecule has 0 unspecified atom stereocenters. The maximum absolute atomic E-state index is 4.33. The van der Waals surface area contributed by atoms with Crippen LogP contribution in [0.4, 0.5) is 0 Å². The lowest BCUT2D eigenvalue weighted by Gasteiger charge is -2.03. The summed E-state index contributed by atoms with van der Waals surface area (Å²) in [5, 5.41) is 3.36. The van der Waals surface area contributed by atoms with Gasteiger partial charge < -0.3 is 5.32 Å². The molecule has 0 saturated heterocycles. The molecule has 0 atom stereocenters. The molecule has 0 aromatic carbocycles. The van der Waals surface area contributed by atoms with Gasteiger partial charge in [0.25, 0.3) is 0 Å². The van der Waals surface area contributed by atoms with Crippen LogP contribution in [0.1, 0.15) is 31.8 Å². The molecule has 0 aliphatic carbocycles. The van der Waals surface area contributed by atoms with E-state index in [2.05, 4.69) is 35.2 Å². The molecule has 1 aromatic heterocycles. The highest BCUT2D eigenvalue weighted by atomic mass is 14.9. The maximum atomic E-state index is 4.33. The van der Waals surface area contributed by atoms with Gasteiger partial charge in [-0.3, -0.25) is 0 Å². The Kier molecular flexibility index (Phi) is 4.98. The molecular weight excluding hydrogens is 186 g/mol. The lowest BCUT2D eigenvalue weighted by molar-refractivity contribution is 0.715. The Labute approximate surface area is 91.7 Å². The molecule has 0 saturated carbocycles. The molecule has 3 nitrogen and oxygen atoms in total. The summed E-state index contributed by atoms with van der Waals surface area (Å²) < 4.78 is 0. The standard InChI is InChI=1S/C12H19N3/c1-4-6-13-9-10(2)8-12-5-7-14-11(3)15-12/h5,7-8,13H,4,6,9H2,1-3H3/b10-8+. The second-order valence-corrected chi connectivity index (χ2v) is 3.70. The Morgan fingerprint density at radius 2 is 2.33 bits per heavy atom. The van der Waals surface area contributed by atoms with E-state index in [9.17, 15) is 0 Å². The van der Waals surface area contributed by atoms with E-state index in [1.165, 1.54) is 12.0 Å². The molecule has 0 radical (unpaired) electrons. The molecular formula is C12H19N3. The van der Waals surface area contributed by atoms with Gasteiger partial charge >= 0.3 is 0 Å². The van der Waals surface area contributed by atoms with Crippen molar-refractivity contribution in [3.8, 4) is 0 Å². The van der Waals surface area contributed by atoms with Crippen molar-refractivity contribution in [3.63, 3.8) is 0 Å². The van der Waals surface area contributed by atoms with Crippen LogP contribution in [0.15, 0.2) is 17.8 Å². The number of aryl methyl sites for hydroxylation is 1. The second-order valence-electron chi connectivity index (χ2n) is 3.70. The molecule has 0 spiro atoms. The minimum absolute atomic E-state index is 0.818. The highest BCUT2D eigenvalue weighted by molar-refractivity contribution is 5.48. The molecule has 0 amide bonds. The molecule has 0 aliphatic heterocycles. The van der Waals surface area contributed by atoms with E-state index in [-0.39, 0.29) is 0 Å². The molecule has 1 heterocycles. The number of nitrogens with zero attached hydrogens (tertiary/aromatic N) is 2. The maximum Gasteiger partial charge on any atom is 0.125 e. The number of hydrogen-bond acceptors (Lipinski definition) is 3. The average Bonchev–Trinajstić information content (AvgIpc) is 2.18. The Balaban J connectivity index is 2.54. The summed E-state index contributed by atoms with van der Waals surface area (Å²) in [5.74, 6) is 0.818. The molecule has 15 heavy (non-hydrogen) atoms. The van der Waals surface area contributed by atoms with E-state index in [1.807, 2.05) is 13.0 Å². The van der Waals surface area contributed by atoms with Gasteiger partial charge in [-0.15, -0.1) is 0 Å². The predicted molar refractivity (Wildman–Crippen MR) is 63.6 cm³/mol. The summed E-state index contributed by atoms with van der Waals surface area (Å²) in [6.07, 6.45) is 5.05. The van der Waals surface area contributed by atoms with Crippen molar-refractivity contribution in [1.82, 2.24) is 15.3 Å². The quantitative estimate of drug-likeness (QED) is 0.749. The van der Waals surface area contributed by atoms with Crippen LogP contribution in [-0.2, 0) is 0 Å². The molecule has 1 rings (SSSR count). The van der Waals surface area contributed by atoms with Crippen molar-refractivity contribution < 1.29 is 0 Å².